The van der Waals surface area contributed by atoms with Crippen LogP contribution in [0.25, 0.3) is 0 Å². The third-order valence-electron chi connectivity index (χ3n) is 4.42. The van der Waals surface area contributed by atoms with Crippen molar-refractivity contribution in [1.82, 2.24) is 0 Å². The second-order valence-corrected chi connectivity index (χ2v) is 8.23. The number of carbonyl (C=O) groups is 2. The molecular weight excluding hydrogens is 252 g/mol. The van der Waals surface area contributed by atoms with E-state index >= 15 is 0 Å². The maximum atomic E-state index is 12.1. The minimum absolute atomic E-state index is 0.107. The molecule has 0 unspecified atom stereocenters. The van der Waals surface area contributed by atoms with E-state index in [1.807, 2.05) is 20.8 Å². The number of esters is 1. The fraction of sp³-hybridized carbons (Fsp3) is 0.882. The van der Waals surface area contributed by atoms with Crippen molar-refractivity contribution in [3.63, 3.8) is 0 Å². The molecule has 0 bridgehead atoms. The first-order chi connectivity index (χ1) is 9.05. The van der Waals surface area contributed by atoms with Crippen molar-refractivity contribution in [3.8, 4) is 0 Å². The maximum Gasteiger partial charge on any atom is 0.311 e. The molecule has 1 aliphatic rings. The number of hydrogen-bond donors (Lipinski definition) is 0. The van der Waals surface area contributed by atoms with Crippen LogP contribution < -0.4 is 0 Å². The molecule has 1 saturated carbocycles. The normalized spacial score (nSPS) is 28.0. The van der Waals surface area contributed by atoms with E-state index in [0.29, 0.717) is 12.3 Å². The molecule has 0 N–H and O–H groups in total. The van der Waals surface area contributed by atoms with Gasteiger partial charge in [0, 0.05) is 12.3 Å². The Morgan fingerprint density at radius 2 is 1.75 bits per heavy atom. The van der Waals surface area contributed by atoms with E-state index in [9.17, 15) is 9.59 Å². The van der Waals surface area contributed by atoms with Gasteiger partial charge in [0.05, 0.1) is 5.41 Å². The molecule has 1 aliphatic carbocycles. The average molecular weight is 282 g/mol. The summed E-state index contributed by atoms with van der Waals surface area (Å²) >= 11 is 0. The lowest BCUT2D eigenvalue weighted by Gasteiger charge is -2.41. The second kappa shape index (κ2) is 6.28. The van der Waals surface area contributed by atoms with Gasteiger partial charge in [0.1, 0.15) is 12.4 Å². The SMILES string of the molecule is CC(C)(C)C(=O)O[C@@H]1C[C@@H](C(C)(C)C)CC[C@H]1CC=O. The maximum absolute atomic E-state index is 12.1. The molecule has 3 nitrogen and oxygen atoms in total. The monoisotopic (exact) mass is 282 g/mol. The molecule has 1 fully saturated rings. The lowest BCUT2D eigenvalue weighted by molar-refractivity contribution is -0.166. The molecule has 0 saturated heterocycles. The van der Waals surface area contributed by atoms with Crippen LogP contribution in [-0.4, -0.2) is 18.4 Å². The molecule has 20 heavy (non-hydrogen) atoms. The Hall–Kier alpha value is -0.860. The van der Waals surface area contributed by atoms with Gasteiger partial charge in [-0.3, -0.25) is 4.79 Å². The van der Waals surface area contributed by atoms with Crippen molar-refractivity contribution in [2.24, 2.45) is 22.7 Å². The van der Waals surface area contributed by atoms with Crippen molar-refractivity contribution < 1.29 is 14.3 Å². The zero-order chi connectivity index (χ0) is 15.6. The first-order valence-corrected chi connectivity index (χ1v) is 7.70. The first kappa shape index (κ1) is 17.2. The van der Waals surface area contributed by atoms with Crippen LogP contribution in [0.4, 0.5) is 0 Å². The van der Waals surface area contributed by atoms with Gasteiger partial charge in [0.2, 0.25) is 0 Å². The predicted molar refractivity (Wildman–Crippen MR) is 80.3 cm³/mol. The van der Waals surface area contributed by atoms with E-state index in [1.165, 1.54) is 0 Å². The van der Waals surface area contributed by atoms with Gasteiger partial charge in [-0.25, -0.2) is 0 Å². The van der Waals surface area contributed by atoms with Gasteiger partial charge in [0.15, 0.2) is 0 Å². The summed E-state index contributed by atoms with van der Waals surface area (Å²) in [5, 5.41) is 0. The Balaban J connectivity index is 2.78. The lowest BCUT2D eigenvalue weighted by atomic mass is 9.68. The third kappa shape index (κ3) is 4.60. The van der Waals surface area contributed by atoms with Gasteiger partial charge in [-0.2, -0.15) is 0 Å². The molecular formula is C17H30O3. The van der Waals surface area contributed by atoms with E-state index in [0.717, 1.165) is 25.5 Å². The smallest absolute Gasteiger partial charge is 0.311 e. The lowest BCUT2D eigenvalue weighted by Crippen LogP contribution is -2.40. The summed E-state index contributed by atoms with van der Waals surface area (Å²) in [7, 11) is 0. The van der Waals surface area contributed by atoms with Crippen LogP contribution in [0.2, 0.25) is 0 Å². The predicted octanol–water partition coefficient (Wildman–Crippen LogP) is 4.00. The van der Waals surface area contributed by atoms with Gasteiger partial charge in [0.25, 0.3) is 0 Å². The third-order valence-corrected chi connectivity index (χ3v) is 4.42. The summed E-state index contributed by atoms with van der Waals surface area (Å²) in [5.74, 6) is 0.577. The van der Waals surface area contributed by atoms with Crippen molar-refractivity contribution in [2.45, 2.75) is 73.3 Å². The van der Waals surface area contributed by atoms with Crippen LogP contribution in [0, 0.1) is 22.7 Å². The first-order valence-electron chi connectivity index (χ1n) is 7.70. The molecule has 0 heterocycles. The molecule has 0 spiro atoms. The van der Waals surface area contributed by atoms with E-state index in [-0.39, 0.29) is 23.4 Å². The highest BCUT2D eigenvalue weighted by atomic mass is 16.5. The van der Waals surface area contributed by atoms with Gasteiger partial charge >= 0.3 is 5.97 Å². The van der Waals surface area contributed by atoms with Gasteiger partial charge in [-0.1, -0.05) is 20.8 Å². The summed E-state index contributed by atoms with van der Waals surface area (Å²) in [5.41, 5.74) is -0.265. The molecule has 1 rings (SSSR count). The van der Waals surface area contributed by atoms with Crippen LogP contribution in [-0.2, 0) is 14.3 Å². The van der Waals surface area contributed by atoms with Crippen LogP contribution in [0.15, 0.2) is 0 Å². The number of hydrogen-bond acceptors (Lipinski definition) is 3. The van der Waals surface area contributed by atoms with Crippen molar-refractivity contribution in [3.05, 3.63) is 0 Å². The van der Waals surface area contributed by atoms with E-state index < -0.39 is 5.41 Å². The fourth-order valence-corrected chi connectivity index (χ4v) is 2.83. The van der Waals surface area contributed by atoms with E-state index in [1.54, 1.807) is 0 Å². The van der Waals surface area contributed by atoms with E-state index in [2.05, 4.69) is 20.8 Å². The zero-order valence-electron chi connectivity index (χ0n) is 13.9. The summed E-state index contributed by atoms with van der Waals surface area (Å²) in [6.07, 6.45) is 4.32. The van der Waals surface area contributed by atoms with Crippen LogP contribution in [0.5, 0.6) is 0 Å². The Morgan fingerprint density at radius 1 is 1.15 bits per heavy atom. The second-order valence-electron chi connectivity index (χ2n) is 8.23. The zero-order valence-corrected chi connectivity index (χ0v) is 13.9. The molecule has 0 aliphatic heterocycles. The molecule has 0 radical (unpaired) electrons. The summed E-state index contributed by atoms with van der Waals surface area (Å²) in [4.78, 5) is 23.0. The van der Waals surface area contributed by atoms with Gasteiger partial charge in [-0.05, 0) is 51.4 Å². The number of aldehydes is 1. The highest BCUT2D eigenvalue weighted by molar-refractivity contribution is 5.75. The number of ether oxygens (including phenoxy) is 1. The molecule has 3 atom stereocenters. The highest BCUT2D eigenvalue weighted by Gasteiger charge is 2.39. The van der Waals surface area contributed by atoms with Crippen molar-refractivity contribution in [1.29, 1.82) is 0 Å². The average Bonchev–Trinajstić information content (AvgIpc) is 2.28. The summed E-state index contributed by atoms with van der Waals surface area (Å²) in [6.45, 7) is 12.3. The Kier molecular flexibility index (Phi) is 5.39. The molecule has 3 heteroatoms. The van der Waals surface area contributed by atoms with E-state index in [4.69, 9.17) is 4.74 Å². The molecule has 0 amide bonds. The van der Waals surface area contributed by atoms with Crippen LogP contribution >= 0.6 is 0 Å². The molecule has 116 valence electrons. The molecule has 0 aromatic carbocycles. The summed E-state index contributed by atoms with van der Waals surface area (Å²) < 4.78 is 5.75. The molecule has 0 aromatic rings. The van der Waals surface area contributed by atoms with Crippen molar-refractivity contribution >= 4 is 12.3 Å². The van der Waals surface area contributed by atoms with Crippen LogP contribution in [0.1, 0.15) is 67.2 Å². The standard InChI is InChI=1S/C17H30O3/c1-16(2,3)13-8-7-12(9-10-18)14(11-13)20-15(19)17(4,5)6/h10,12-14H,7-9,11H2,1-6H3/t12-,13-,14+/m0/s1. The molecule has 0 aromatic heterocycles. The number of rotatable bonds is 3. The topological polar surface area (TPSA) is 43.4 Å². The minimum atomic E-state index is -0.486. The number of carbonyl (C=O) groups excluding carboxylic acids is 2. The Labute approximate surface area is 123 Å². The summed E-state index contributed by atoms with van der Waals surface area (Å²) in [6, 6.07) is 0. The largest absolute Gasteiger partial charge is 0.462 e. The Morgan fingerprint density at radius 3 is 2.20 bits per heavy atom. The van der Waals surface area contributed by atoms with Gasteiger partial charge < -0.3 is 9.53 Å². The minimum Gasteiger partial charge on any atom is -0.462 e. The van der Waals surface area contributed by atoms with Gasteiger partial charge in [-0.15, -0.1) is 0 Å². The van der Waals surface area contributed by atoms with Crippen LogP contribution in [0.3, 0.4) is 0 Å². The fourth-order valence-electron chi connectivity index (χ4n) is 2.83. The quantitative estimate of drug-likeness (QED) is 0.580. The highest BCUT2D eigenvalue weighted by Crippen LogP contribution is 2.42. The Bertz CT molecular complexity index is 346. The van der Waals surface area contributed by atoms with Crippen molar-refractivity contribution in [2.75, 3.05) is 0 Å².